The van der Waals surface area contributed by atoms with E-state index in [1.165, 1.54) is 5.75 Å². The average Bonchev–Trinajstić information content (AvgIpc) is 2.16. The first kappa shape index (κ1) is 10.6. The van der Waals surface area contributed by atoms with Crippen LogP contribution in [0.2, 0.25) is 0 Å². The van der Waals surface area contributed by atoms with Crippen LogP contribution in [0.25, 0.3) is 0 Å². The van der Waals surface area contributed by atoms with Gasteiger partial charge in [0.1, 0.15) is 5.82 Å². The minimum atomic E-state index is 0.271. The van der Waals surface area contributed by atoms with Crippen LogP contribution in [-0.4, -0.2) is 44.9 Å². The molecule has 82 valence electrons. The van der Waals surface area contributed by atoms with Gasteiger partial charge in [0.2, 0.25) is 5.95 Å². The lowest BCUT2D eigenvalue weighted by Gasteiger charge is -2.30. The van der Waals surface area contributed by atoms with Crippen molar-refractivity contribution in [2.45, 2.75) is 13.0 Å². The summed E-state index contributed by atoms with van der Waals surface area (Å²) in [5.74, 6) is 4.02. The predicted molar refractivity (Wildman–Crippen MR) is 61.7 cm³/mol. The molecule has 0 radical (unpaired) electrons. The van der Waals surface area contributed by atoms with Gasteiger partial charge in [0.15, 0.2) is 5.82 Å². The van der Waals surface area contributed by atoms with Crippen molar-refractivity contribution >= 4 is 17.7 Å². The number of aromatic nitrogens is 3. The van der Waals surface area contributed by atoms with E-state index in [2.05, 4.69) is 26.9 Å². The van der Waals surface area contributed by atoms with Crippen LogP contribution >= 0.6 is 11.8 Å². The summed E-state index contributed by atoms with van der Waals surface area (Å²) in [6.07, 6.45) is 0. The highest BCUT2D eigenvalue weighted by Gasteiger charge is 2.24. The quantitative estimate of drug-likeness (QED) is 0.750. The molecule has 2 N–H and O–H groups in total. The molecule has 2 heterocycles. The van der Waals surface area contributed by atoms with Crippen LogP contribution in [0, 0.1) is 6.92 Å². The van der Waals surface area contributed by atoms with E-state index in [9.17, 15) is 0 Å². The highest BCUT2D eigenvalue weighted by Crippen LogP contribution is 2.25. The molecule has 1 aromatic rings. The second kappa shape index (κ2) is 4.32. The lowest BCUT2D eigenvalue weighted by atomic mass is 10.2. The normalized spacial score (nSPS) is 22.9. The molecule has 0 bridgehead atoms. The summed E-state index contributed by atoms with van der Waals surface area (Å²) in [6, 6.07) is 0.271. The van der Waals surface area contributed by atoms with Crippen molar-refractivity contribution in [3.63, 3.8) is 0 Å². The maximum absolute atomic E-state index is 5.62. The van der Waals surface area contributed by atoms with Crippen molar-refractivity contribution in [2.24, 2.45) is 0 Å². The number of aryl methyl sites for hydroxylation is 1. The first-order valence-electron chi connectivity index (χ1n) is 4.93. The Morgan fingerprint density at radius 1 is 1.40 bits per heavy atom. The Hall–Kier alpha value is -0.880. The van der Waals surface area contributed by atoms with Gasteiger partial charge in [-0.15, -0.1) is 0 Å². The summed E-state index contributed by atoms with van der Waals surface area (Å²) in [5.41, 5.74) is 5.62. The second-order valence-electron chi connectivity index (χ2n) is 3.67. The summed E-state index contributed by atoms with van der Waals surface area (Å²) >= 11 is 1.93. The van der Waals surface area contributed by atoms with E-state index in [0.717, 1.165) is 18.1 Å². The van der Waals surface area contributed by atoms with Gasteiger partial charge in [0.25, 0.3) is 0 Å². The zero-order valence-electron chi connectivity index (χ0n) is 8.97. The van der Waals surface area contributed by atoms with E-state index in [1.807, 2.05) is 18.7 Å². The molecule has 0 amide bonds. The van der Waals surface area contributed by atoms with Crippen LogP contribution in [0.15, 0.2) is 0 Å². The summed E-state index contributed by atoms with van der Waals surface area (Å²) in [6.45, 7) is 2.91. The van der Waals surface area contributed by atoms with E-state index in [-0.39, 0.29) is 6.04 Å². The Balaban J connectivity index is 2.27. The summed E-state index contributed by atoms with van der Waals surface area (Å²) < 4.78 is 0. The fraction of sp³-hybridized carbons (Fsp3) is 0.667. The molecule has 1 aliphatic heterocycles. The van der Waals surface area contributed by atoms with E-state index in [0.29, 0.717) is 11.8 Å². The van der Waals surface area contributed by atoms with Crippen LogP contribution in [0.3, 0.4) is 0 Å². The molecule has 0 saturated carbocycles. The highest BCUT2D eigenvalue weighted by molar-refractivity contribution is 7.99. The number of thioether (sulfide) groups is 1. The monoisotopic (exact) mass is 225 g/mol. The fourth-order valence-corrected chi connectivity index (χ4v) is 2.84. The van der Waals surface area contributed by atoms with Crippen LogP contribution in [0.1, 0.15) is 17.7 Å². The minimum absolute atomic E-state index is 0.271. The van der Waals surface area contributed by atoms with E-state index >= 15 is 0 Å². The lowest BCUT2D eigenvalue weighted by molar-refractivity contribution is 0.264. The molecule has 1 unspecified atom stereocenters. The van der Waals surface area contributed by atoms with Crippen molar-refractivity contribution in [3.05, 3.63) is 11.6 Å². The third-order valence-electron chi connectivity index (χ3n) is 2.48. The second-order valence-corrected chi connectivity index (χ2v) is 4.82. The molecule has 0 aliphatic carbocycles. The highest BCUT2D eigenvalue weighted by atomic mass is 32.2. The molecular weight excluding hydrogens is 210 g/mol. The number of anilines is 1. The number of hydrogen-bond acceptors (Lipinski definition) is 6. The van der Waals surface area contributed by atoms with Crippen LogP contribution in [0.5, 0.6) is 0 Å². The molecule has 6 heteroatoms. The van der Waals surface area contributed by atoms with E-state index in [1.54, 1.807) is 0 Å². The van der Waals surface area contributed by atoms with Gasteiger partial charge in [-0.3, -0.25) is 4.90 Å². The zero-order valence-corrected chi connectivity index (χ0v) is 9.79. The van der Waals surface area contributed by atoms with Crippen LogP contribution in [-0.2, 0) is 0 Å². The fourth-order valence-electron chi connectivity index (χ4n) is 1.63. The Kier molecular flexibility index (Phi) is 3.06. The van der Waals surface area contributed by atoms with Crippen molar-refractivity contribution < 1.29 is 0 Å². The van der Waals surface area contributed by atoms with E-state index in [4.69, 9.17) is 5.73 Å². The van der Waals surface area contributed by atoms with E-state index < -0.39 is 0 Å². The minimum Gasteiger partial charge on any atom is -0.368 e. The van der Waals surface area contributed by atoms with Gasteiger partial charge >= 0.3 is 0 Å². The molecule has 0 aromatic carbocycles. The molecule has 1 atom stereocenters. The van der Waals surface area contributed by atoms with Gasteiger partial charge in [0.05, 0.1) is 6.04 Å². The van der Waals surface area contributed by atoms with Crippen molar-refractivity contribution in [1.82, 2.24) is 19.9 Å². The number of hydrogen-bond donors (Lipinski definition) is 1. The van der Waals surface area contributed by atoms with Crippen molar-refractivity contribution in [3.8, 4) is 0 Å². The van der Waals surface area contributed by atoms with Gasteiger partial charge in [0, 0.05) is 18.1 Å². The summed E-state index contributed by atoms with van der Waals surface area (Å²) in [7, 11) is 2.10. The molecule has 1 fully saturated rings. The Morgan fingerprint density at radius 2 is 2.20 bits per heavy atom. The third-order valence-corrected chi connectivity index (χ3v) is 3.50. The first-order chi connectivity index (χ1) is 7.16. The number of rotatable bonds is 1. The Bertz CT molecular complexity index is 336. The maximum atomic E-state index is 5.62. The molecule has 1 aliphatic rings. The Morgan fingerprint density at radius 3 is 2.87 bits per heavy atom. The van der Waals surface area contributed by atoms with Gasteiger partial charge in [-0.25, -0.2) is 4.98 Å². The van der Waals surface area contributed by atoms with Crippen molar-refractivity contribution in [2.75, 3.05) is 30.8 Å². The molecule has 0 spiro atoms. The Labute approximate surface area is 93.5 Å². The molecule has 1 aromatic heterocycles. The average molecular weight is 225 g/mol. The third kappa shape index (κ3) is 2.38. The SMILES string of the molecule is Cc1nc(N)nc(C2CSCCN2C)n1. The number of nitrogen functional groups attached to an aromatic ring is 1. The molecule has 2 rings (SSSR count). The number of nitrogens with zero attached hydrogens (tertiary/aromatic N) is 4. The lowest BCUT2D eigenvalue weighted by Crippen LogP contribution is -2.34. The zero-order chi connectivity index (χ0) is 10.8. The maximum Gasteiger partial charge on any atom is 0.223 e. The van der Waals surface area contributed by atoms with Gasteiger partial charge in [-0.2, -0.15) is 21.7 Å². The topological polar surface area (TPSA) is 67.9 Å². The van der Waals surface area contributed by atoms with Crippen LogP contribution in [0.4, 0.5) is 5.95 Å². The van der Waals surface area contributed by atoms with Gasteiger partial charge in [-0.1, -0.05) is 0 Å². The molecule has 15 heavy (non-hydrogen) atoms. The molecule has 5 nitrogen and oxygen atoms in total. The number of nitrogens with two attached hydrogens (primary N) is 1. The first-order valence-corrected chi connectivity index (χ1v) is 6.08. The molecular formula is C9H15N5S. The van der Waals surface area contributed by atoms with Gasteiger partial charge in [-0.05, 0) is 14.0 Å². The van der Waals surface area contributed by atoms with Crippen molar-refractivity contribution in [1.29, 1.82) is 0 Å². The van der Waals surface area contributed by atoms with Gasteiger partial charge < -0.3 is 5.73 Å². The largest absolute Gasteiger partial charge is 0.368 e. The smallest absolute Gasteiger partial charge is 0.223 e. The van der Waals surface area contributed by atoms with Crippen LogP contribution < -0.4 is 5.73 Å². The summed E-state index contributed by atoms with van der Waals surface area (Å²) in [4.78, 5) is 14.8. The molecule has 1 saturated heterocycles. The predicted octanol–water partition coefficient (Wildman–Crippen LogP) is 0.482. The summed E-state index contributed by atoms with van der Waals surface area (Å²) in [5, 5.41) is 0. The standard InChI is InChI=1S/C9H15N5S/c1-6-11-8(13-9(10)12-6)7-5-15-4-3-14(7)2/h7H,3-5H2,1-2H3,(H2,10,11,12,13).